The van der Waals surface area contributed by atoms with Crippen molar-refractivity contribution < 1.29 is 0 Å². The number of benzene rings is 2. The molecule has 0 unspecified atom stereocenters. The summed E-state index contributed by atoms with van der Waals surface area (Å²) < 4.78 is 0. The highest BCUT2D eigenvalue weighted by Gasteiger charge is 2.16. The van der Waals surface area contributed by atoms with Gasteiger partial charge in [-0.25, -0.2) is 0 Å². The monoisotopic (exact) mass is 585 g/mol. The first-order chi connectivity index (χ1) is 20.5. The molecule has 0 aromatic heterocycles. The zero-order chi connectivity index (χ0) is 33.2. The van der Waals surface area contributed by atoms with Gasteiger partial charge in [0.25, 0.3) is 0 Å². The van der Waals surface area contributed by atoms with E-state index in [2.05, 4.69) is 134 Å². The van der Waals surface area contributed by atoms with Crippen LogP contribution in [0.1, 0.15) is 113 Å². The van der Waals surface area contributed by atoms with Crippen LogP contribution in [0.25, 0.3) is 0 Å². The van der Waals surface area contributed by atoms with Crippen molar-refractivity contribution in [2.24, 2.45) is 5.10 Å². The van der Waals surface area contributed by atoms with Crippen LogP contribution in [0.15, 0.2) is 119 Å². The van der Waals surface area contributed by atoms with E-state index in [0.717, 1.165) is 30.7 Å². The Bertz CT molecular complexity index is 1160. The molecule has 2 aromatic carbocycles. The minimum absolute atomic E-state index is 0.795. The average molecular weight is 585 g/mol. The summed E-state index contributed by atoms with van der Waals surface area (Å²) in [5.41, 5.74) is 11.6. The molecular weight excluding hydrogens is 520 g/mol. The topological polar surface area (TPSA) is 15.6 Å². The summed E-state index contributed by atoms with van der Waals surface area (Å²) in [5, 5.41) is 6.35. The van der Waals surface area contributed by atoms with Gasteiger partial charge in [0, 0.05) is 5.70 Å². The summed E-state index contributed by atoms with van der Waals surface area (Å²) in [5.74, 6) is 0. The average Bonchev–Trinajstić information content (AvgIpc) is 2.99. The Morgan fingerprint density at radius 3 is 1.79 bits per heavy atom. The molecule has 2 aromatic rings. The van der Waals surface area contributed by atoms with E-state index in [1.165, 1.54) is 58.2 Å². The molecule has 43 heavy (non-hydrogen) atoms. The van der Waals surface area contributed by atoms with Gasteiger partial charge in [-0.15, -0.1) is 0 Å². The summed E-state index contributed by atoms with van der Waals surface area (Å²) in [6, 6.07) is 19.2. The molecule has 0 bridgehead atoms. The van der Waals surface area contributed by atoms with Gasteiger partial charge in [0.2, 0.25) is 0 Å². The Morgan fingerprint density at radius 1 is 0.837 bits per heavy atom. The maximum atomic E-state index is 4.41. The zero-order valence-electron chi connectivity index (χ0n) is 30.0. The molecule has 1 aliphatic heterocycles. The van der Waals surface area contributed by atoms with Crippen molar-refractivity contribution in [2.75, 3.05) is 6.54 Å². The van der Waals surface area contributed by atoms with E-state index in [0.29, 0.717) is 0 Å². The smallest absolute Gasteiger partial charge is 0.0634 e. The summed E-state index contributed by atoms with van der Waals surface area (Å²) in [6.07, 6.45) is 12.0. The molecule has 2 nitrogen and oxygen atoms in total. The van der Waals surface area contributed by atoms with E-state index in [4.69, 9.17) is 0 Å². The van der Waals surface area contributed by atoms with Crippen LogP contribution in [0.5, 0.6) is 0 Å². The Kier molecular flexibility index (Phi) is 25.5. The third-order valence-corrected chi connectivity index (χ3v) is 6.20. The molecule has 2 heteroatoms. The third kappa shape index (κ3) is 19.4. The van der Waals surface area contributed by atoms with Crippen LogP contribution in [-0.2, 0) is 19.3 Å². The second kappa shape index (κ2) is 26.3. The predicted molar refractivity (Wildman–Crippen MR) is 198 cm³/mol. The van der Waals surface area contributed by atoms with Gasteiger partial charge in [0.1, 0.15) is 0 Å². The Morgan fingerprint density at radius 2 is 1.37 bits per heavy atom. The maximum Gasteiger partial charge on any atom is 0.0634 e. The van der Waals surface area contributed by atoms with Crippen molar-refractivity contribution in [3.05, 3.63) is 130 Å². The lowest BCUT2D eigenvalue weighted by atomic mass is 9.95. The van der Waals surface area contributed by atoms with Gasteiger partial charge in [0.05, 0.1) is 12.8 Å². The number of hydrogen-bond acceptors (Lipinski definition) is 2. The molecule has 0 saturated carbocycles. The molecule has 0 saturated heterocycles. The number of hydrogen-bond donors (Lipinski definition) is 0. The lowest BCUT2D eigenvalue weighted by molar-refractivity contribution is 0.391. The minimum Gasteiger partial charge on any atom is -0.266 e. The molecule has 0 spiro atoms. The van der Waals surface area contributed by atoms with E-state index in [9.17, 15) is 0 Å². The van der Waals surface area contributed by atoms with Gasteiger partial charge in [-0.3, -0.25) is 5.01 Å². The van der Waals surface area contributed by atoms with E-state index in [1.54, 1.807) is 0 Å². The molecule has 0 atom stereocenters. The van der Waals surface area contributed by atoms with Crippen LogP contribution in [0.3, 0.4) is 0 Å². The van der Waals surface area contributed by atoms with Crippen molar-refractivity contribution in [3.8, 4) is 0 Å². The molecule has 1 aliphatic rings. The van der Waals surface area contributed by atoms with Crippen LogP contribution in [0.2, 0.25) is 0 Å². The van der Waals surface area contributed by atoms with Crippen LogP contribution in [0, 0.1) is 0 Å². The van der Waals surface area contributed by atoms with Crippen LogP contribution >= 0.6 is 0 Å². The highest BCUT2D eigenvalue weighted by Crippen LogP contribution is 2.22. The summed E-state index contributed by atoms with van der Waals surface area (Å²) in [4.78, 5) is 0. The van der Waals surface area contributed by atoms with Crippen LogP contribution < -0.4 is 0 Å². The quantitative estimate of drug-likeness (QED) is 0.282. The fourth-order valence-corrected chi connectivity index (χ4v) is 4.12. The first kappa shape index (κ1) is 41.7. The van der Waals surface area contributed by atoms with E-state index < -0.39 is 0 Å². The van der Waals surface area contributed by atoms with Gasteiger partial charge in [-0.05, 0) is 94.2 Å². The van der Waals surface area contributed by atoms with Crippen LogP contribution in [-0.4, -0.2) is 17.8 Å². The maximum absolute atomic E-state index is 4.41. The van der Waals surface area contributed by atoms with E-state index in [1.807, 2.05) is 45.0 Å². The lowest BCUT2D eigenvalue weighted by Gasteiger charge is -2.26. The van der Waals surface area contributed by atoms with Crippen molar-refractivity contribution in [1.82, 2.24) is 5.01 Å². The van der Waals surface area contributed by atoms with E-state index >= 15 is 0 Å². The fraction of sp³-hybridized carbons (Fsp3) is 0.439. The summed E-state index contributed by atoms with van der Waals surface area (Å²) in [7, 11) is 0. The molecule has 0 aliphatic carbocycles. The van der Waals surface area contributed by atoms with E-state index in [-0.39, 0.29) is 0 Å². The van der Waals surface area contributed by atoms with Gasteiger partial charge in [-0.2, -0.15) is 5.10 Å². The molecular formula is C41H64N2. The second-order valence-electron chi connectivity index (χ2n) is 10.8. The Balaban J connectivity index is 0. The molecule has 0 amide bonds. The molecule has 3 rings (SSSR count). The number of hydrazone groups is 1. The van der Waals surface area contributed by atoms with Gasteiger partial charge in [0.15, 0.2) is 0 Å². The number of allylic oxidation sites excluding steroid dienone is 7. The summed E-state index contributed by atoms with van der Waals surface area (Å²) >= 11 is 0. The Hall–Kier alpha value is -3.39. The standard InChI is InChI=1S/C17H20N2.C11H16.C8H14.C3H8.C2H6/c1-13(2)17-11-18-19(14(3)4)12-16(17)10-15-8-6-5-7-9-15;1-3-7-11-9-6-5-8-10(11)4-2;1-5-8(4)6-7(2)3;1-3-2;1-2/h5-9,11H,1,3,10,12H2,2,4H3;5-6,8-9H,3-4,7H2,1-2H3;5-6H,1-4H3;3H2,1-2H3;1-2H3. The third-order valence-electron chi connectivity index (χ3n) is 6.20. The number of rotatable bonds is 8. The lowest BCUT2D eigenvalue weighted by Crippen LogP contribution is -2.24. The van der Waals surface area contributed by atoms with Crippen molar-refractivity contribution in [1.29, 1.82) is 0 Å². The minimum atomic E-state index is 0.795. The highest BCUT2D eigenvalue weighted by molar-refractivity contribution is 5.86. The van der Waals surface area contributed by atoms with Crippen molar-refractivity contribution >= 4 is 6.21 Å². The first-order valence-electron chi connectivity index (χ1n) is 16.3. The second-order valence-corrected chi connectivity index (χ2v) is 10.8. The number of nitrogens with zero attached hydrogens (tertiary/aromatic N) is 2. The molecule has 238 valence electrons. The SMILES string of the molecule is C=C(C)C1=C(Cc2ccccc2)CN(C(=C)C)N=C1.CC.CC=C(C)C=C(C)C.CCC.CCCc1ccccc1CC. The first-order valence-corrected chi connectivity index (χ1v) is 16.3. The fourth-order valence-electron chi connectivity index (χ4n) is 4.12. The van der Waals surface area contributed by atoms with Crippen molar-refractivity contribution in [3.63, 3.8) is 0 Å². The highest BCUT2D eigenvalue weighted by atomic mass is 15.5. The normalized spacial score (nSPS) is 11.7. The largest absolute Gasteiger partial charge is 0.266 e. The van der Waals surface area contributed by atoms with Gasteiger partial charge < -0.3 is 0 Å². The Labute approximate surface area is 267 Å². The molecule has 0 N–H and O–H groups in total. The van der Waals surface area contributed by atoms with Gasteiger partial charge >= 0.3 is 0 Å². The van der Waals surface area contributed by atoms with Crippen molar-refractivity contribution in [2.45, 2.75) is 115 Å². The molecule has 1 heterocycles. The molecule has 0 fully saturated rings. The zero-order valence-corrected chi connectivity index (χ0v) is 30.0. The van der Waals surface area contributed by atoms with Crippen LogP contribution in [0.4, 0.5) is 0 Å². The number of aryl methyl sites for hydroxylation is 2. The predicted octanol–water partition coefficient (Wildman–Crippen LogP) is 12.5. The van der Waals surface area contributed by atoms with Gasteiger partial charge in [-0.1, -0.05) is 145 Å². The summed E-state index contributed by atoms with van der Waals surface area (Å²) in [6.45, 7) is 33.9. The molecule has 0 radical (unpaired) electrons.